The van der Waals surface area contributed by atoms with E-state index in [1.54, 1.807) is 43.9 Å². The lowest BCUT2D eigenvalue weighted by Gasteiger charge is -2.59. The molecule has 3 aromatic rings. The molecule has 0 bridgehead atoms. The Morgan fingerprint density at radius 1 is 1.07 bits per heavy atom. The highest BCUT2D eigenvalue weighted by molar-refractivity contribution is 7.99. The normalized spacial score (nSPS) is 23.4. The molecule has 13 nitrogen and oxygen atoms in total. The van der Waals surface area contributed by atoms with E-state index in [-0.39, 0.29) is 62.9 Å². The molecule has 0 aromatic heterocycles. The van der Waals surface area contributed by atoms with Gasteiger partial charge < -0.3 is 38.9 Å². The van der Waals surface area contributed by atoms with Crippen molar-refractivity contribution in [1.29, 1.82) is 0 Å². The first kappa shape index (κ1) is 44.7. The molecule has 0 saturated heterocycles. The third kappa shape index (κ3) is 10.3. The van der Waals surface area contributed by atoms with Crippen LogP contribution in [-0.4, -0.2) is 89.5 Å². The Hall–Kier alpha value is -4.89. The first-order valence-corrected chi connectivity index (χ1v) is 21.9. The molecule has 14 heteroatoms. The third-order valence-electron chi connectivity index (χ3n) is 11.6. The number of non-ortho nitro benzene ring substituents is 1. The summed E-state index contributed by atoms with van der Waals surface area (Å²) in [5, 5.41) is 35.8. The van der Waals surface area contributed by atoms with Gasteiger partial charge in [-0.25, -0.2) is 4.79 Å². The molecule has 1 fully saturated rings. The molecule has 6 atom stereocenters. The Labute approximate surface area is 356 Å². The van der Waals surface area contributed by atoms with Gasteiger partial charge in [-0.15, -0.1) is 18.3 Å². The third-order valence-corrected chi connectivity index (χ3v) is 12.6. The van der Waals surface area contributed by atoms with Gasteiger partial charge >= 0.3 is 6.09 Å². The van der Waals surface area contributed by atoms with Crippen LogP contribution in [0.3, 0.4) is 0 Å². The number of hydrogen-bond donors (Lipinski definition) is 2. The highest BCUT2D eigenvalue weighted by atomic mass is 32.2. The van der Waals surface area contributed by atoms with E-state index in [4.69, 9.17) is 28.9 Å². The van der Waals surface area contributed by atoms with Crippen molar-refractivity contribution in [2.75, 3.05) is 45.8 Å². The number of allylic oxidation sites excluding steroid dienone is 1. The fourth-order valence-corrected chi connectivity index (χ4v) is 9.66. The molecule has 1 amide bonds. The Morgan fingerprint density at radius 2 is 1.82 bits per heavy atom. The van der Waals surface area contributed by atoms with E-state index >= 15 is 0 Å². The first-order valence-electron chi connectivity index (χ1n) is 20.9. The van der Waals surface area contributed by atoms with Crippen molar-refractivity contribution in [3.05, 3.63) is 118 Å². The monoisotopic (exact) mass is 843 g/mol. The molecule has 3 aliphatic rings. The number of hydrogen-bond acceptors (Lipinski definition) is 12. The Kier molecular flexibility index (Phi) is 16.1. The number of aliphatic hydroxyl groups excluding tert-OH is 2. The van der Waals surface area contributed by atoms with Crippen LogP contribution in [0.5, 0.6) is 11.5 Å². The molecule has 0 radical (unpaired) electrons. The van der Waals surface area contributed by atoms with Crippen molar-refractivity contribution in [3.8, 4) is 11.5 Å². The largest absolute Gasteiger partial charge is 0.493 e. The number of nitro benzene ring substituents is 1. The zero-order valence-electron chi connectivity index (χ0n) is 34.5. The second-order valence-electron chi connectivity index (χ2n) is 15.3. The van der Waals surface area contributed by atoms with Gasteiger partial charge in [-0.05, 0) is 98.0 Å². The average Bonchev–Trinajstić information content (AvgIpc) is 3.26. The van der Waals surface area contributed by atoms with Crippen molar-refractivity contribution >= 4 is 29.3 Å². The Balaban J connectivity index is 1.47. The van der Waals surface area contributed by atoms with Gasteiger partial charge in [0.05, 0.1) is 36.4 Å². The molecular formula is C46H57N3O10S. The summed E-state index contributed by atoms with van der Waals surface area (Å²) >= 11 is 1.73. The quantitative estimate of drug-likeness (QED) is 0.0327. The number of aliphatic hydroxyl groups is 2. The summed E-state index contributed by atoms with van der Waals surface area (Å²) in [6.45, 7) is 6.76. The number of nitro groups is 1. The average molecular weight is 844 g/mol. The molecular weight excluding hydrogens is 787 g/mol. The van der Waals surface area contributed by atoms with Gasteiger partial charge in [-0.3, -0.25) is 10.1 Å². The standard InChI is InChI=1S/C46H57N3O10S/c1-4-25-57-46-42(48(3)45(52)55-5-2)30-40(47-58-31-32-17-19-34(20-18-32)49(53)54)38-28-33(13-9-11-23-50)37(16-10-12-24-51)43(44(38)46)39-29-35(21-22-41(39)59-46)56-26-27-60-36-14-7-6-8-15-36/h4,6-8,14-15,17-22,28-29,33,37,42-44,50-51H,1,5,9-13,16,23-27,30-31H2,2-3H3/t33-,37+,42-,43+,44+,46+/m0/s1. The van der Waals surface area contributed by atoms with Crippen LogP contribution in [-0.2, 0) is 20.9 Å². The number of oxime groups is 1. The van der Waals surface area contributed by atoms with E-state index in [1.807, 2.05) is 30.3 Å². The minimum atomic E-state index is -1.41. The SMILES string of the molecule is C=CCO[C@@]12Oc3ccc(OCCSc4ccccc4)cc3[C@H]3[C@H](CCCCO)[C@@H](CCCCO)C=C(C(=NOCc4ccc([N+](=O)[O-])cc4)C[C@@H]1N(C)C(=O)OCC)[C@H]32. The van der Waals surface area contributed by atoms with Crippen LogP contribution in [0.2, 0.25) is 0 Å². The smallest absolute Gasteiger partial charge is 0.409 e. The Morgan fingerprint density at radius 3 is 2.52 bits per heavy atom. The van der Waals surface area contributed by atoms with Crippen LogP contribution in [0.4, 0.5) is 10.5 Å². The highest BCUT2D eigenvalue weighted by Gasteiger charge is 2.65. The minimum Gasteiger partial charge on any atom is -0.493 e. The van der Waals surface area contributed by atoms with Crippen LogP contribution in [0.15, 0.2) is 107 Å². The number of likely N-dealkylation sites (N-methyl/N-ethyl adjacent to an activating group) is 1. The van der Waals surface area contributed by atoms with Crippen LogP contribution >= 0.6 is 11.8 Å². The minimum absolute atomic E-state index is 0.0190. The maximum Gasteiger partial charge on any atom is 0.409 e. The first-order chi connectivity index (χ1) is 29.2. The van der Waals surface area contributed by atoms with Crippen LogP contribution in [0.25, 0.3) is 0 Å². The summed E-state index contributed by atoms with van der Waals surface area (Å²) in [6, 6.07) is 21.6. The molecule has 1 saturated carbocycles. The molecule has 6 rings (SSSR count). The molecule has 322 valence electrons. The second-order valence-corrected chi connectivity index (χ2v) is 16.5. The molecule has 0 spiro atoms. The van der Waals surface area contributed by atoms with E-state index in [2.05, 4.69) is 30.9 Å². The van der Waals surface area contributed by atoms with Crippen molar-refractivity contribution in [2.24, 2.45) is 22.9 Å². The van der Waals surface area contributed by atoms with Gasteiger partial charge in [0.1, 0.15) is 24.1 Å². The topological polar surface area (TPSA) is 162 Å². The van der Waals surface area contributed by atoms with Gasteiger partial charge in [-0.1, -0.05) is 48.3 Å². The van der Waals surface area contributed by atoms with Gasteiger partial charge in [0.2, 0.25) is 5.79 Å². The lowest BCUT2D eigenvalue weighted by atomic mass is 9.55. The van der Waals surface area contributed by atoms with E-state index in [0.717, 1.165) is 42.6 Å². The van der Waals surface area contributed by atoms with Crippen molar-refractivity contribution in [3.63, 3.8) is 0 Å². The maximum atomic E-state index is 13.7. The second kappa shape index (κ2) is 21.6. The number of ether oxygens (including phenoxy) is 4. The lowest BCUT2D eigenvalue weighted by Crippen LogP contribution is -2.69. The van der Waals surface area contributed by atoms with E-state index < -0.39 is 28.8 Å². The van der Waals surface area contributed by atoms with Gasteiger partial charge in [-0.2, -0.15) is 0 Å². The van der Waals surface area contributed by atoms with Crippen molar-refractivity contribution in [2.45, 2.75) is 81.1 Å². The number of fused-ring (bicyclic) bond motifs is 2. The number of rotatable bonds is 22. The molecule has 1 heterocycles. The summed E-state index contributed by atoms with van der Waals surface area (Å²) in [4.78, 5) is 33.3. The number of unbranched alkanes of at least 4 members (excludes halogenated alkanes) is 2. The van der Waals surface area contributed by atoms with E-state index in [0.29, 0.717) is 42.2 Å². The Bertz CT molecular complexity index is 1960. The van der Waals surface area contributed by atoms with E-state index in [9.17, 15) is 25.1 Å². The number of carbonyl (C=O) groups excluding carboxylic acids is 1. The van der Waals surface area contributed by atoms with Crippen molar-refractivity contribution < 1.29 is 43.7 Å². The molecule has 3 aromatic carbocycles. The molecule has 2 aliphatic carbocycles. The summed E-state index contributed by atoms with van der Waals surface area (Å²) in [5.41, 5.74) is 3.17. The summed E-state index contributed by atoms with van der Waals surface area (Å²) in [7, 11) is 1.68. The predicted molar refractivity (Wildman–Crippen MR) is 230 cm³/mol. The van der Waals surface area contributed by atoms with E-state index in [1.165, 1.54) is 21.9 Å². The summed E-state index contributed by atoms with van der Waals surface area (Å²) < 4.78 is 26.0. The number of amides is 1. The van der Waals surface area contributed by atoms with Crippen molar-refractivity contribution in [1.82, 2.24) is 4.90 Å². The maximum absolute atomic E-state index is 13.7. The summed E-state index contributed by atoms with van der Waals surface area (Å²) in [5.74, 6) is 0.104. The molecule has 1 aliphatic heterocycles. The predicted octanol–water partition coefficient (Wildman–Crippen LogP) is 8.69. The van der Waals surface area contributed by atoms with Gasteiger partial charge in [0, 0.05) is 60.9 Å². The summed E-state index contributed by atoms with van der Waals surface area (Å²) in [6.07, 6.45) is 8.13. The van der Waals surface area contributed by atoms with Crippen LogP contribution < -0.4 is 9.47 Å². The zero-order chi connectivity index (χ0) is 42.5. The van der Waals surface area contributed by atoms with Gasteiger partial charge in [0.25, 0.3) is 5.69 Å². The number of carbonyl (C=O) groups is 1. The van der Waals surface area contributed by atoms with Crippen LogP contribution in [0.1, 0.15) is 68.9 Å². The molecule has 60 heavy (non-hydrogen) atoms. The van der Waals surface area contributed by atoms with Crippen LogP contribution in [0, 0.1) is 27.9 Å². The number of benzene rings is 3. The fraction of sp³-hybridized carbons (Fsp3) is 0.478. The number of nitrogens with zero attached hydrogens (tertiary/aromatic N) is 3. The number of thioether (sulfide) groups is 1. The fourth-order valence-electron chi connectivity index (χ4n) is 8.90. The molecule has 0 unspecified atom stereocenters. The molecule has 2 N–H and O–H groups in total. The highest BCUT2D eigenvalue weighted by Crippen LogP contribution is 2.61. The zero-order valence-corrected chi connectivity index (χ0v) is 35.3. The van der Waals surface area contributed by atoms with Gasteiger partial charge in [0.15, 0.2) is 0 Å². The lowest BCUT2D eigenvalue weighted by molar-refractivity contribution is -0.384.